The van der Waals surface area contributed by atoms with E-state index in [4.69, 9.17) is 16.3 Å². The highest BCUT2D eigenvalue weighted by Crippen LogP contribution is 2.42. The average molecular weight is 310 g/mol. The van der Waals surface area contributed by atoms with Crippen LogP contribution in [-0.2, 0) is 0 Å². The average Bonchev–Trinajstić information content (AvgIpc) is 2.47. The lowest BCUT2D eigenvalue weighted by molar-refractivity contribution is 0.0384. The van der Waals surface area contributed by atoms with E-state index < -0.39 is 0 Å². The highest BCUT2D eigenvalue weighted by Gasteiger charge is 2.36. The van der Waals surface area contributed by atoms with E-state index >= 15 is 0 Å². The largest absolute Gasteiger partial charge is 0.487 e. The van der Waals surface area contributed by atoms with Gasteiger partial charge in [0, 0.05) is 23.0 Å². The fourth-order valence-corrected chi connectivity index (χ4v) is 3.43. The van der Waals surface area contributed by atoms with Crippen molar-refractivity contribution in [3.8, 4) is 5.75 Å². The molecule has 0 saturated carbocycles. The van der Waals surface area contributed by atoms with E-state index in [1.54, 1.807) is 0 Å². The summed E-state index contributed by atoms with van der Waals surface area (Å²) in [6.07, 6.45) is 8.66. The molecule has 0 amide bonds. The molecule has 1 heterocycles. The molecule has 0 radical (unpaired) electrons. The van der Waals surface area contributed by atoms with Crippen molar-refractivity contribution >= 4 is 11.6 Å². The maximum atomic E-state index is 6.31. The van der Waals surface area contributed by atoms with Crippen LogP contribution in [0.25, 0.3) is 0 Å². The molecule has 3 heteroatoms. The van der Waals surface area contributed by atoms with E-state index in [1.165, 1.54) is 37.7 Å². The van der Waals surface area contributed by atoms with Crippen LogP contribution in [0.15, 0.2) is 18.2 Å². The minimum atomic E-state index is -0.0687. The van der Waals surface area contributed by atoms with Gasteiger partial charge < -0.3 is 10.1 Å². The number of benzene rings is 1. The first-order valence-electron chi connectivity index (χ1n) is 8.24. The lowest BCUT2D eigenvalue weighted by Gasteiger charge is -2.40. The molecule has 2 nitrogen and oxygen atoms in total. The van der Waals surface area contributed by atoms with Crippen molar-refractivity contribution in [1.29, 1.82) is 0 Å². The number of rotatable bonds is 7. The molecular formula is C18H28ClNO. The van der Waals surface area contributed by atoms with Crippen LogP contribution in [0.3, 0.4) is 0 Å². The first-order valence-corrected chi connectivity index (χ1v) is 8.61. The molecule has 0 aliphatic carbocycles. The Kier molecular flexibility index (Phi) is 5.95. The lowest BCUT2D eigenvalue weighted by atomic mass is 9.85. The van der Waals surface area contributed by atoms with E-state index in [9.17, 15) is 0 Å². The van der Waals surface area contributed by atoms with Gasteiger partial charge in [-0.2, -0.15) is 0 Å². The summed E-state index contributed by atoms with van der Waals surface area (Å²) in [5.74, 6) is 0.987. The van der Waals surface area contributed by atoms with E-state index in [2.05, 4.69) is 19.2 Å². The van der Waals surface area contributed by atoms with E-state index in [0.29, 0.717) is 6.04 Å². The third-order valence-corrected chi connectivity index (χ3v) is 4.73. The number of hydrogen-bond acceptors (Lipinski definition) is 2. The molecule has 0 spiro atoms. The zero-order valence-electron chi connectivity index (χ0n) is 13.5. The van der Waals surface area contributed by atoms with Crippen LogP contribution < -0.4 is 10.1 Å². The van der Waals surface area contributed by atoms with Crippen LogP contribution in [-0.4, -0.2) is 12.6 Å². The number of fused-ring (bicyclic) bond motifs is 1. The minimum Gasteiger partial charge on any atom is -0.487 e. The summed E-state index contributed by atoms with van der Waals surface area (Å²) in [4.78, 5) is 0. The standard InChI is InChI=1S/C18H28ClNO/c1-4-5-6-7-8-11-18(2)13-16(20-3)15-12-14(19)9-10-17(15)21-18/h9-10,12,16,20H,4-8,11,13H2,1-3H3. The van der Waals surface area contributed by atoms with Gasteiger partial charge in [-0.1, -0.05) is 44.2 Å². The summed E-state index contributed by atoms with van der Waals surface area (Å²) in [5, 5.41) is 4.19. The van der Waals surface area contributed by atoms with Gasteiger partial charge in [0.1, 0.15) is 11.4 Å². The quantitative estimate of drug-likeness (QED) is 0.671. The monoisotopic (exact) mass is 309 g/mol. The van der Waals surface area contributed by atoms with Gasteiger partial charge in [-0.3, -0.25) is 0 Å². The Morgan fingerprint density at radius 2 is 2.05 bits per heavy atom. The Morgan fingerprint density at radius 1 is 1.29 bits per heavy atom. The van der Waals surface area contributed by atoms with Gasteiger partial charge in [-0.15, -0.1) is 0 Å². The molecule has 0 fully saturated rings. The first kappa shape index (κ1) is 16.6. The molecule has 21 heavy (non-hydrogen) atoms. The fraction of sp³-hybridized carbons (Fsp3) is 0.667. The molecule has 1 aromatic carbocycles. The second kappa shape index (κ2) is 7.51. The fourth-order valence-electron chi connectivity index (χ4n) is 3.25. The normalized spacial score (nSPS) is 24.5. The van der Waals surface area contributed by atoms with Crippen molar-refractivity contribution in [2.75, 3.05) is 7.05 Å². The number of ether oxygens (including phenoxy) is 1. The Balaban J connectivity index is 2.01. The maximum Gasteiger partial charge on any atom is 0.125 e. The zero-order chi connectivity index (χ0) is 15.3. The van der Waals surface area contributed by atoms with E-state index in [0.717, 1.165) is 23.6 Å². The third kappa shape index (κ3) is 4.37. The molecule has 1 N–H and O–H groups in total. The van der Waals surface area contributed by atoms with E-state index in [-0.39, 0.29) is 5.60 Å². The lowest BCUT2D eigenvalue weighted by Crippen LogP contribution is -2.41. The number of hydrogen-bond donors (Lipinski definition) is 1. The molecule has 0 aromatic heterocycles. The minimum absolute atomic E-state index is 0.0687. The highest BCUT2D eigenvalue weighted by atomic mass is 35.5. The molecule has 118 valence electrons. The van der Waals surface area contributed by atoms with Crippen LogP contribution in [0, 0.1) is 0 Å². The van der Waals surface area contributed by atoms with Crippen molar-refractivity contribution in [3.05, 3.63) is 28.8 Å². The van der Waals surface area contributed by atoms with Crippen molar-refractivity contribution < 1.29 is 4.74 Å². The summed E-state index contributed by atoms with van der Waals surface area (Å²) >= 11 is 6.12. The summed E-state index contributed by atoms with van der Waals surface area (Å²) in [6.45, 7) is 4.50. The van der Waals surface area contributed by atoms with Crippen molar-refractivity contribution in [2.45, 2.75) is 70.4 Å². The van der Waals surface area contributed by atoms with Gasteiger partial charge in [-0.05, 0) is 45.0 Å². The van der Waals surface area contributed by atoms with Crippen molar-refractivity contribution in [1.82, 2.24) is 5.32 Å². The molecule has 0 saturated heterocycles. The molecular weight excluding hydrogens is 282 g/mol. The number of nitrogens with one attached hydrogen (secondary N) is 1. The van der Waals surface area contributed by atoms with Crippen LogP contribution >= 0.6 is 11.6 Å². The van der Waals surface area contributed by atoms with E-state index in [1.807, 2.05) is 25.2 Å². The highest BCUT2D eigenvalue weighted by molar-refractivity contribution is 6.30. The smallest absolute Gasteiger partial charge is 0.125 e. The van der Waals surface area contributed by atoms with Crippen molar-refractivity contribution in [3.63, 3.8) is 0 Å². The SMILES string of the molecule is CCCCCCCC1(C)CC(NC)c2cc(Cl)ccc2O1. The topological polar surface area (TPSA) is 21.3 Å². The molecule has 1 aliphatic heterocycles. The summed E-state index contributed by atoms with van der Waals surface area (Å²) < 4.78 is 6.31. The van der Waals surface area contributed by atoms with Crippen molar-refractivity contribution in [2.24, 2.45) is 0 Å². The predicted octanol–water partition coefficient (Wildman–Crippen LogP) is 5.50. The van der Waals surface area contributed by atoms with Gasteiger partial charge >= 0.3 is 0 Å². The number of halogens is 1. The second-order valence-corrected chi connectivity index (χ2v) is 6.88. The molecule has 1 aromatic rings. The third-order valence-electron chi connectivity index (χ3n) is 4.50. The summed E-state index contributed by atoms with van der Waals surface area (Å²) in [7, 11) is 2.02. The molecule has 2 rings (SSSR count). The number of unbranched alkanes of at least 4 members (excludes halogenated alkanes) is 4. The Labute approximate surface area is 134 Å². The van der Waals surface area contributed by atoms with Gasteiger partial charge in [0.2, 0.25) is 0 Å². The Bertz CT molecular complexity index is 463. The first-order chi connectivity index (χ1) is 10.1. The molecule has 2 atom stereocenters. The second-order valence-electron chi connectivity index (χ2n) is 6.44. The predicted molar refractivity (Wildman–Crippen MR) is 90.3 cm³/mol. The van der Waals surface area contributed by atoms with Crippen LogP contribution in [0.4, 0.5) is 0 Å². The van der Waals surface area contributed by atoms with Crippen LogP contribution in [0.2, 0.25) is 5.02 Å². The van der Waals surface area contributed by atoms with Crippen LogP contribution in [0.5, 0.6) is 5.75 Å². The molecule has 0 bridgehead atoms. The Morgan fingerprint density at radius 3 is 2.76 bits per heavy atom. The maximum absolute atomic E-state index is 6.31. The Hall–Kier alpha value is -0.730. The molecule has 2 unspecified atom stereocenters. The van der Waals surface area contributed by atoms with Gasteiger partial charge in [0.05, 0.1) is 0 Å². The van der Waals surface area contributed by atoms with Crippen LogP contribution in [0.1, 0.15) is 70.4 Å². The van der Waals surface area contributed by atoms with Gasteiger partial charge in [-0.25, -0.2) is 0 Å². The molecule has 1 aliphatic rings. The summed E-state index contributed by atoms with van der Waals surface area (Å²) in [6, 6.07) is 6.28. The van der Waals surface area contributed by atoms with Gasteiger partial charge in [0.15, 0.2) is 0 Å². The van der Waals surface area contributed by atoms with Gasteiger partial charge in [0.25, 0.3) is 0 Å². The zero-order valence-corrected chi connectivity index (χ0v) is 14.3. The summed E-state index contributed by atoms with van der Waals surface area (Å²) in [5.41, 5.74) is 1.12.